The van der Waals surface area contributed by atoms with Crippen molar-refractivity contribution in [2.75, 3.05) is 31.3 Å². The van der Waals surface area contributed by atoms with Gasteiger partial charge >= 0.3 is 5.97 Å². The van der Waals surface area contributed by atoms with Crippen molar-refractivity contribution in [1.29, 1.82) is 0 Å². The lowest BCUT2D eigenvalue weighted by atomic mass is 10.0. The highest BCUT2D eigenvalue weighted by Gasteiger charge is 2.26. The summed E-state index contributed by atoms with van der Waals surface area (Å²) in [5, 5.41) is 0. The van der Waals surface area contributed by atoms with E-state index in [0.717, 1.165) is 11.3 Å². The molecule has 0 radical (unpaired) electrons. The smallest absolute Gasteiger partial charge is 0.306 e. The van der Waals surface area contributed by atoms with Gasteiger partial charge in [0.15, 0.2) is 12.4 Å². The lowest BCUT2D eigenvalue weighted by Crippen LogP contribution is -2.41. The standard InChI is InChI=1S/C23H25NO6/c1-3-28-23(27)10-8-20(25)17-7-9-21-19(14-17)24(22(26)15-30-21)11-12-29-18-6-4-5-16(2)13-18/h4-7,9,13-14H,3,8,10-12,15H2,1-2H3. The lowest BCUT2D eigenvalue weighted by molar-refractivity contribution is -0.143. The second kappa shape index (κ2) is 9.91. The maximum atomic E-state index is 12.5. The van der Waals surface area contributed by atoms with Gasteiger partial charge in [-0.1, -0.05) is 12.1 Å². The fraction of sp³-hybridized carbons (Fsp3) is 0.348. The zero-order valence-electron chi connectivity index (χ0n) is 17.2. The molecule has 1 aliphatic heterocycles. The SMILES string of the molecule is CCOC(=O)CCC(=O)c1ccc2c(c1)N(CCOc1cccc(C)c1)C(=O)CO2. The summed E-state index contributed by atoms with van der Waals surface area (Å²) < 4.78 is 16.1. The minimum atomic E-state index is -0.405. The van der Waals surface area contributed by atoms with Gasteiger partial charge in [-0.25, -0.2) is 0 Å². The van der Waals surface area contributed by atoms with Gasteiger partial charge in [-0.15, -0.1) is 0 Å². The van der Waals surface area contributed by atoms with Crippen LogP contribution in [0.5, 0.6) is 11.5 Å². The monoisotopic (exact) mass is 411 g/mol. The molecule has 0 bridgehead atoms. The van der Waals surface area contributed by atoms with Crippen molar-refractivity contribution in [1.82, 2.24) is 0 Å². The summed E-state index contributed by atoms with van der Waals surface area (Å²) in [6, 6.07) is 12.6. The zero-order chi connectivity index (χ0) is 21.5. The minimum absolute atomic E-state index is 0.0211. The van der Waals surface area contributed by atoms with Gasteiger partial charge in [-0.2, -0.15) is 0 Å². The molecule has 0 spiro atoms. The van der Waals surface area contributed by atoms with Gasteiger partial charge in [-0.05, 0) is 49.7 Å². The molecule has 0 saturated heterocycles. The molecule has 3 rings (SSSR count). The van der Waals surface area contributed by atoms with E-state index < -0.39 is 5.97 Å². The average molecular weight is 411 g/mol. The van der Waals surface area contributed by atoms with Crippen molar-refractivity contribution >= 4 is 23.3 Å². The Morgan fingerprint density at radius 1 is 1.13 bits per heavy atom. The van der Waals surface area contributed by atoms with Crippen LogP contribution in [0, 0.1) is 6.92 Å². The number of hydrogen-bond donors (Lipinski definition) is 0. The number of hydrogen-bond acceptors (Lipinski definition) is 6. The van der Waals surface area contributed by atoms with E-state index in [1.165, 1.54) is 0 Å². The quantitative estimate of drug-likeness (QED) is 0.465. The number of carbonyl (C=O) groups is 3. The first-order chi connectivity index (χ1) is 14.5. The van der Waals surface area contributed by atoms with Gasteiger partial charge < -0.3 is 19.1 Å². The number of rotatable bonds is 9. The maximum absolute atomic E-state index is 12.5. The van der Waals surface area contributed by atoms with Crippen LogP contribution in [0.15, 0.2) is 42.5 Å². The molecule has 0 N–H and O–H groups in total. The first kappa shape index (κ1) is 21.4. The number of ether oxygens (including phenoxy) is 3. The van der Waals surface area contributed by atoms with Gasteiger partial charge in [0.05, 0.1) is 25.3 Å². The number of nitrogens with zero attached hydrogens (tertiary/aromatic N) is 1. The van der Waals surface area contributed by atoms with Crippen LogP contribution in [0.4, 0.5) is 5.69 Å². The number of aryl methyl sites for hydroxylation is 1. The first-order valence-corrected chi connectivity index (χ1v) is 9.93. The van der Waals surface area contributed by atoms with Crippen LogP contribution in [-0.4, -0.2) is 44.0 Å². The maximum Gasteiger partial charge on any atom is 0.306 e. The minimum Gasteiger partial charge on any atom is -0.492 e. The molecule has 1 aliphatic rings. The van der Waals surface area contributed by atoms with Gasteiger partial charge in [0.2, 0.25) is 0 Å². The molecule has 0 saturated carbocycles. The Hall–Kier alpha value is -3.35. The Labute approximate surface area is 175 Å². The highest BCUT2D eigenvalue weighted by molar-refractivity contribution is 6.02. The van der Waals surface area contributed by atoms with Crippen LogP contribution < -0.4 is 14.4 Å². The van der Waals surface area contributed by atoms with Crippen molar-refractivity contribution in [3.05, 3.63) is 53.6 Å². The third kappa shape index (κ3) is 5.37. The molecule has 7 nitrogen and oxygen atoms in total. The van der Waals surface area contributed by atoms with Crippen LogP contribution in [0.2, 0.25) is 0 Å². The number of benzene rings is 2. The second-order valence-electron chi connectivity index (χ2n) is 6.91. The first-order valence-electron chi connectivity index (χ1n) is 9.93. The number of Topliss-reactive ketones (excluding diaryl/α,β-unsaturated/α-hetero) is 1. The molecule has 0 fully saturated rings. The molecule has 2 aromatic rings. The summed E-state index contributed by atoms with van der Waals surface area (Å²) in [6.07, 6.45) is 0.0656. The van der Waals surface area contributed by atoms with Crippen LogP contribution in [-0.2, 0) is 14.3 Å². The van der Waals surface area contributed by atoms with Crippen molar-refractivity contribution in [2.24, 2.45) is 0 Å². The highest BCUT2D eigenvalue weighted by Crippen LogP contribution is 2.33. The summed E-state index contributed by atoms with van der Waals surface area (Å²) >= 11 is 0. The van der Waals surface area contributed by atoms with Crippen molar-refractivity contribution < 1.29 is 28.6 Å². The molecule has 30 heavy (non-hydrogen) atoms. The zero-order valence-corrected chi connectivity index (χ0v) is 17.2. The molecule has 0 atom stereocenters. The lowest BCUT2D eigenvalue weighted by Gasteiger charge is -2.29. The van der Waals surface area contributed by atoms with E-state index in [1.54, 1.807) is 30.0 Å². The van der Waals surface area contributed by atoms with E-state index in [9.17, 15) is 14.4 Å². The van der Waals surface area contributed by atoms with Crippen molar-refractivity contribution in [3.8, 4) is 11.5 Å². The molecule has 158 valence electrons. The molecular weight excluding hydrogens is 386 g/mol. The van der Waals surface area contributed by atoms with E-state index in [1.807, 2.05) is 31.2 Å². The summed E-state index contributed by atoms with van der Waals surface area (Å²) in [6.45, 7) is 4.55. The second-order valence-corrected chi connectivity index (χ2v) is 6.91. The van der Waals surface area contributed by atoms with E-state index in [-0.39, 0.29) is 37.7 Å². The fourth-order valence-electron chi connectivity index (χ4n) is 3.17. The van der Waals surface area contributed by atoms with Crippen molar-refractivity contribution in [2.45, 2.75) is 26.7 Å². The van der Waals surface area contributed by atoms with E-state index in [2.05, 4.69) is 0 Å². The van der Waals surface area contributed by atoms with Crippen LogP contribution in [0.3, 0.4) is 0 Å². The Kier molecular flexibility index (Phi) is 7.06. The normalized spacial score (nSPS) is 12.7. The number of ketones is 1. The molecule has 0 unspecified atom stereocenters. The van der Waals surface area contributed by atoms with Crippen LogP contribution in [0.1, 0.15) is 35.7 Å². The predicted molar refractivity (Wildman–Crippen MR) is 111 cm³/mol. The van der Waals surface area contributed by atoms with E-state index in [4.69, 9.17) is 14.2 Å². The fourth-order valence-corrected chi connectivity index (χ4v) is 3.17. The summed E-state index contributed by atoms with van der Waals surface area (Å²) in [7, 11) is 0. The van der Waals surface area contributed by atoms with Gasteiger partial charge in [0.1, 0.15) is 18.1 Å². The number of anilines is 1. The summed E-state index contributed by atoms with van der Waals surface area (Å²) in [5.74, 6) is 0.467. The topological polar surface area (TPSA) is 82.1 Å². The molecule has 1 amide bonds. The average Bonchev–Trinajstić information content (AvgIpc) is 2.73. The van der Waals surface area contributed by atoms with Gasteiger partial charge in [0, 0.05) is 12.0 Å². The summed E-state index contributed by atoms with van der Waals surface area (Å²) in [4.78, 5) is 38.0. The Bertz CT molecular complexity index is 939. The third-order valence-electron chi connectivity index (χ3n) is 4.66. The van der Waals surface area contributed by atoms with Gasteiger partial charge in [-0.3, -0.25) is 14.4 Å². The van der Waals surface area contributed by atoms with Crippen LogP contribution in [0.25, 0.3) is 0 Å². The highest BCUT2D eigenvalue weighted by atomic mass is 16.5. The predicted octanol–water partition coefficient (Wildman–Crippen LogP) is 3.33. The van der Waals surface area contributed by atoms with Crippen molar-refractivity contribution in [3.63, 3.8) is 0 Å². The number of fused-ring (bicyclic) bond motifs is 1. The Morgan fingerprint density at radius 2 is 1.97 bits per heavy atom. The Balaban J connectivity index is 1.68. The third-order valence-corrected chi connectivity index (χ3v) is 4.66. The Morgan fingerprint density at radius 3 is 2.73 bits per heavy atom. The molecular formula is C23H25NO6. The van der Waals surface area contributed by atoms with E-state index in [0.29, 0.717) is 30.2 Å². The summed E-state index contributed by atoms with van der Waals surface area (Å²) in [5.41, 5.74) is 2.04. The van der Waals surface area contributed by atoms with Gasteiger partial charge in [0.25, 0.3) is 5.91 Å². The number of esters is 1. The molecule has 0 aliphatic carbocycles. The molecule has 2 aromatic carbocycles. The number of carbonyl (C=O) groups excluding carboxylic acids is 3. The van der Waals surface area contributed by atoms with Crippen LogP contribution >= 0.6 is 0 Å². The molecule has 7 heteroatoms. The van der Waals surface area contributed by atoms with E-state index >= 15 is 0 Å². The molecule has 0 aromatic heterocycles. The number of amides is 1. The molecule has 1 heterocycles. The largest absolute Gasteiger partial charge is 0.492 e.